The number of aromatic nitrogens is 2. The van der Waals surface area contributed by atoms with Crippen LogP contribution in [0.1, 0.15) is 0 Å². The molecule has 2 aromatic heterocycles. The van der Waals surface area contributed by atoms with E-state index in [0.717, 1.165) is 33.2 Å². The summed E-state index contributed by atoms with van der Waals surface area (Å²) in [5, 5.41) is 7.47. The van der Waals surface area contributed by atoms with Crippen molar-refractivity contribution in [3.8, 4) is 67.0 Å². The van der Waals surface area contributed by atoms with Gasteiger partial charge in [-0.25, -0.2) is 9.97 Å². The van der Waals surface area contributed by atoms with Crippen LogP contribution in [0.4, 0.5) is 0 Å². The third-order valence-electron chi connectivity index (χ3n) is 10.1. The fourth-order valence-corrected chi connectivity index (χ4v) is 8.02. The van der Waals surface area contributed by atoms with Crippen molar-refractivity contribution in [3.63, 3.8) is 0 Å². The molecule has 2 heteroatoms. The zero-order valence-corrected chi connectivity index (χ0v) is 24.8. The van der Waals surface area contributed by atoms with Gasteiger partial charge in [-0.05, 0) is 91.3 Å². The van der Waals surface area contributed by atoms with Crippen LogP contribution in [-0.4, -0.2) is 9.97 Å². The van der Waals surface area contributed by atoms with E-state index in [4.69, 9.17) is 9.97 Å². The molecule has 2 aliphatic carbocycles. The highest BCUT2D eigenvalue weighted by molar-refractivity contribution is 6.17. The van der Waals surface area contributed by atoms with Gasteiger partial charge in [0.05, 0.1) is 22.4 Å². The zero-order chi connectivity index (χ0) is 29.9. The monoisotopic (exact) mass is 580 g/mol. The Morgan fingerprint density at radius 1 is 0.283 bits per heavy atom. The van der Waals surface area contributed by atoms with E-state index in [9.17, 15) is 0 Å². The number of hydrogen-bond donors (Lipinski definition) is 0. The van der Waals surface area contributed by atoms with E-state index in [1.807, 2.05) is 0 Å². The molecule has 2 aliphatic rings. The Morgan fingerprint density at radius 2 is 0.696 bits per heavy atom. The Bertz CT molecular complexity index is 2600. The molecular weight excluding hydrogens is 556 g/mol. The molecule has 46 heavy (non-hydrogen) atoms. The van der Waals surface area contributed by atoms with Gasteiger partial charge < -0.3 is 0 Å². The molecule has 0 fully saturated rings. The third-order valence-corrected chi connectivity index (χ3v) is 10.1. The average molecular weight is 581 g/mol. The summed E-state index contributed by atoms with van der Waals surface area (Å²) in [6.07, 6.45) is 0. The van der Waals surface area contributed by atoms with E-state index >= 15 is 0 Å². The molecule has 7 aromatic carbocycles. The summed E-state index contributed by atoms with van der Waals surface area (Å²) in [7, 11) is 0. The molecule has 0 bridgehead atoms. The lowest BCUT2D eigenvalue weighted by Gasteiger charge is -2.13. The zero-order valence-electron chi connectivity index (χ0n) is 24.8. The largest absolute Gasteiger partial charge is 0.247 e. The molecule has 0 amide bonds. The van der Waals surface area contributed by atoms with Gasteiger partial charge in [0.1, 0.15) is 0 Å². The van der Waals surface area contributed by atoms with E-state index in [-0.39, 0.29) is 0 Å². The number of pyridine rings is 2. The summed E-state index contributed by atoms with van der Waals surface area (Å²) in [6, 6.07) is 53.0. The van der Waals surface area contributed by atoms with Crippen LogP contribution in [0.15, 0.2) is 146 Å². The summed E-state index contributed by atoms with van der Waals surface area (Å²) in [5.74, 6) is 0. The predicted octanol–water partition coefficient (Wildman–Crippen LogP) is 11.7. The van der Waals surface area contributed by atoms with Crippen LogP contribution in [0, 0.1) is 0 Å². The van der Waals surface area contributed by atoms with Gasteiger partial charge >= 0.3 is 0 Å². The van der Waals surface area contributed by atoms with Crippen LogP contribution in [-0.2, 0) is 0 Å². The Labute approximate surface area is 265 Å². The minimum atomic E-state index is 1.02. The second-order valence-corrected chi connectivity index (χ2v) is 12.5. The van der Waals surface area contributed by atoms with Crippen molar-refractivity contribution in [1.29, 1.82) is 0 Å². The smallest absolute Gasteiger partial charge is 0.0794 e. The lowest BCUT2D eigenvalue weighted by molar-refractivity contribution is 1.42. The highest BCUT2D eigenvalue weighted by Gasteiger charge is 2.24. The maximum atomic E-state index is 5.20. The Hall–Kier alpha value is -6.12. The second-order valence-electron chi connectivity index (χ2n) is 12.5. The molecular formula is C44H24N2. The van der Waals surface area contributed by atoms with Gasteiger partial charge in [-0.15, -0.1) is 0 Å². The quantitative estimate of drug-likeness (QED) is 0.203. The predicted molar refractivity (Wildman–Crippen MR) is 192 cm³/mol. The fourth-order valence-electron chi connectivity index (χ4n) is 8.02. The first-order chi connectivity index (χ1) is 22.8. The number of benzene rings is 7. The topological polar surface area (TPSA) is 25.8 Å². The van der Waals surface area contributed by atoms with Gasteiger partial charge in [-0.1, -0.05) is 109 Å². The summed E-state index contributed by atoms with van der Waals surface area (Å²) < 4.78 is 0. The maximum Gasteiger partial charge on any atom is 0.0794 e. The molecule has 0 saturated heterocycles. The number of hydrogen-bond acceptors (Lipinski definition) is 2. The van der Waals surface area contributed by atoms with E-state index in [2.05, 4.69) is 146 Å². The molecule has 210 valence electrons. The standard InChI is InChI=1S/C44H24N2/c1-2-12-32(28-18-20-40-30(22-28)24-38-34-14-4-8-26-10-6-16-36(42(26)34)44(38)46-40)31(11-1)27-17-19-39-29(21-27)23-37-33-13-3-7-25-9-5-15-35(41(25)33)43(37)45-39/h1-24H. The molecule has 0 atom stereocenters. The van der Waals surface area contributed by atoms with E-state index in [0.29, 0.717) is 0 Å². The summed E-state index contributed by atoms with van der Waals surface area (Å²) in [5.41, 5.74) is 16.5. The van der Waals surface area contributed by atoms with Crippen LogP contribution < -0.4 is 0 Å². The van der Waals surface area contributed by atoms with Crippen LogP contribution in [0.5, 0.6) is 0 Å². The average Bonchev–Trinajstić information content (AvgIpc) is 3.60. The van der Waals surface area contributed by atoms with Crippen molar-refractivity contribution in [2.75, 3.05) is 0 Å². The van der Waals surface area contributed by atoms with Crippen molar-refractivity contribution in [2.45, 2.75) is 0 Å². The summed E-state index contributed by atoms with van der Waals surface area (Å²) in [4.78, 5) is 10.4. The van der Waals surface area contributed by atoms with Crippen LogP contribution in [0.3, 0.4) is 0 Å². The lowest BCUT2D eigenvalue weighted by Crippen LogP contribution is -1.90. The van der Waals surface area contributed by atoms with E-state index in [1.54, 1.807) is 0 Å². The third kappa shape index (κ3) is 3.20. The molecule has 0 unspecified atom stereocenters. The fraction of sp³-hybridized carbons (Fsp3) is 0. The van der Waals surface area contributed by atoms with Gasteiger partial charge in [-0.2, -0.15) is 0 Å². The molecule has 11 rings (SSSR count). The van der Waals surface area contributed by atoms with Crippen LogP contribution >= 0.6 is 0 Å². The highest BCUT2D eigenvalue weighted by Crippen LogP contribution is 2.49. The minimum absolute atomic E-state index is 1.02. The molecule has 0 spiro atoms. The number of nitrogens with zero attached hydrogens (tertiary/aromatic N) is 2. The molecule has 0 aliphatic heterocycles. The second kappa shape index (κ2) is 8.74. The Kier molecular flexibility index (Phi) is 4.61. The molecule has 0 saturated carbocycles. The SMILES string of the molecule is c1ccc(-c2ccc3nc4c(cc3c2)-c2cccc3cccc-4c23)c(-c2ccc3nc4c(cc3c2)-c2cccc3cccc-4c23)c1. The number of rotatable bonds is 2. The van der Waals surface area contributed by atoms with Gasteiger partial charge in [-0.3, -0.25) is 0 Å². The van der Waals surface area contributed by atoms with Crippen molar-refractivity contribution in [3.05, 3.63) is 146 Å². The van der Waals surface area contributed by atoms with Gasteiger partial charge in [0.25, 0.3) is 0 Å². The van der Waals surface area contributed by atoms with Gasteiger partial charge in [0.15, 0.2) is 0 Å². The Balaban J connectivity index is 1.05. The van der Waals surface area contributed by atoms with Crippen LogP contribution in [0.2, 0.25) is 0 Å². The number of fused-ring (bicyclic) bond motifs is 8. The highest BCUT2D eigenvalue weighted by atomic mass is 14.7. The van der Waals surface area contributed by atoms with Gasteiger partial charge in [0, 0.05) is 33.0 Å². The first-order valence-corrected chi connectivity index (χ1v) is 15.8. The normalized spacial score (nSPS) is 12.3. The first-order valence-electron chi connectivity index (χ1n) is 15.8. The van der Waals surface area contributed by atoms with Crippen molar-refractivity contribution >= 4 is 43.4 Å². The molecule has 0 N–H and O–H groups in total. The van der Waals surface area contributed by atoms with Crippen LogP contribution in [0.25, 0.3) is 110 Å². The Morgan fingerprint density at radius 3 is 1.15 bits per heavy atom. The first kappa shape index (κ1) is 24.2. The van der Waals surface area contributed by atoms with Crippen molar-refractivity contribution in [1.82, 2.24) is 9.97 Å². The van der Waals surface area contributed by atoms with Crippen molar-refractivity contribution in [2.24, 2.45) is 0 Å². The van der Waals surface area contributed by atoms with Gasteiger partial charge in [0.2, 0.25) is 0 Å². The summed E-state index contributed by atoms with van der Waals surface area (Å²) >= 11 is 0. The lowest BCUT2D eigenvalue weighted by atomic mass is 9.92. The van der Waals surface area contributed by atoms with Crippen molar-refractivity contribution < 1.29 is 0 Å². The minimum Gasteiger partial charge on any atom is -0.247 e. The maximum absolute atomic E-state index is 5.20. The molecule has 2 heterocycles. The summed E-state index contributed by atoms with van der Waals surface area (Å²) in [6.45, 7) is 0. The van der Waals surface area contributed by atoms with E-state index in [1.165, 1.54) is 77.2 Å². The molecule has 2 nitrogen and oxygen atoms in total. The molecule has 0 radical (unpaired) electrons. The van der Waals surface area contributed by atoms with E-state index < -0.39 is 0 Å². The molecule has 9 aromatic rings.